The maximum atomic E-state index is 14.0. The fourth-order valence-electron chi connectivity index (χ4n) is 9.47. The molecule has 4 aromatic rings. The largest absolute Gasteiger partial charge is 0.497 e. The molecule has 3 amide bonds. The number of amides is 3. The number of aromatic nitrogens is 2. The van der Waals surface area contributed by atoms with Crippen LogP contribution < -0.4 is 36.7 Å². The molecule has 2 bridgehead atoms. The van der Waals surface area contributed by atoms with Crippen LogP contribution in [0.25, 0.3) is 0 Å². The van der Waals surface area contributed by atoms with Gasteiger partial charge >= 0.3 is 29.9 Å². The van der Waals surface area contributed by atoms with E-state index in [4.69, 9.17) is 28.0 Å². The second-order valence-electron chi connectivity index (χ2n) is 18.8. The van der Waals surface area contributed by atoms with Crippen molar-refractivity contribution in [2.75, 3.05) is 40.5 Å². The summed E-state index contributed by atoms with van der Waals surface area (Å²) in [4.78, 5) is 65.7. The predicted molar refractivity (Wildman–Crippen MR) is 272 cm³/mol. The number of nitrogens with one attached hydrogen (secondary N) is 4. The van der Waals surface area contributed by atoms with Crippen LogP contribution in [-0.4, -0.2) is 121 Å². The number of unbranched alkanes of at least 4 members (excludes halogenated alkanes) is 1. The highest BCUT2D eigenvalue weighted by Gasteiger charge is 2.66. The first-order chi connectivity index (χ1) is 37.0. The summed E-state index contributed by atoms with van der Waals surface area (Å²) in [6, 6.07) is 24.9. The van der Waals surface area contributed by atoms with Gasteiger partial charge in [-0.15, -0.1) is 0 Å². The number of methoxy groups -OCH3 is 2. The summed E-state index contributed by atoms with van der Waals surface area (Å²) in [6.07, 6.45) is -13.5. The summed E-state index contributed by atoms with van der Waals surface area (Å²) in [5.74, 6) is 0.460. The van der Waals surface area contributed by atoms with Crippen LogP contribution in [0.4, 0.5) is 26.3 Å². The van der Waals surface area contributed by atoms with Crippen molar-refractivity contribution in [2.45, 2.75) is 120 Å². The van der Waals surface area contributed by atoms with Crippen molar-refractivity contribution < 1.29 is 68.7 Å². The van der Waals surface area contributed by atoms with Crippen LogP contribution in [0.5, 0.6) is 11.5 Å². The fraction of sp³-hybridized carbons (Fsp3) is 0.472. The minimum Gasteiger partial charge on any atom is -0.497 e. The third-order valence-electron chi connectivity index (χ3n) is 13.0. The van der Waals surface area contributed by atoms with Crippen molar-refractivity contribution in [1.82, 2.24) is 30.2 Å². The molecule has 0 aliphatic carbocycles. The van der Waals surface area contributed by atoms with E-state index in [0.29, 0.717) is 11.5 Å². The van der Waals surface area contributed by atoms with Gasteiger partial charge in [0.05, 0.1) is 46.5 Å². The van der Waals surface area contributed by atoms with Crippen molar-refractivity contribution in [2.24, 2.45) is 0 Å². The molecule has 4 unspecified atom stereocenters. The maximum Gasteiger partial charge on any atom is 0.471 e. The number of ether oxygens (including phenoxy) is 4. The van der Waals surface area contributed by atoms with Crippen LogP contribution in [0.2, 0.25) is 0 Å². The van der Waals surface area contributed by atoms with Crippen molar-refractivity contribution >= 4 is 26.2 Å². The Morgan fingerprint density at radius 1 is 0.859 bits per heavy atom. The lowest BCUT2D eigenvalue weighted by Gasteiger charge is -2.44. The summed E-state index contributed by atoms with van der Waals surface area (Å²) in [7, 11) is 1.14. The average Bonchev–Trinajstić information content (AvgIpc) is 4.10. The van der Waals surface area contributed by atoms with Gasteiger partial charge in [0, 0.05) is 30.2 Å². The van der Waals surface area contributed by atoms with Gasteiger partial charge < -0.3 is 43.9 Å². The number of nitriles is 1. The van der Waals surface area contributed by atoms with Crippen molar-refractivity contribution in [3.8, 4) is 29.4 Å². The van der Waals surface area contributed by atoms with Gasteiger partial charge in [0.1, 0.15) is 40.9 Å². The zero-order chi connectivity index (χ0) is 57.0. The molecule has 2 saturated heterocycles. The molecule has 420 valence electrons. The second kappa shape index (κ2) is 26.2. The van der Waals surface area contributed by atoms with Gasteiger partial charge in [-0.25, -0.2) is 9.46 Å². The first kappa shape index (κ1) is 60.4. The monoisotopic (exact) mass is 1120 g/mol. The van der Waals surface area contributed by atoms with Gasteiger partial charge in [0.15, 0.2) is 6.23 Å². The molecule has 0 saturated carbocycles. The number of rotatable bonds is 24. The standard InChI is InChI=1S/C53H60F6N7O11P/c1-33(2)66(34(3)4)78(75-29-13-26-60)77-43-42-46(76-50(43,32-74-42)31-51(36-15-8-7-9-16-36,37-18-22-39(72-5)23-19-37)38-20-24-40(73-6)25-21-38)65-30-35(44(67)64-49(65)71)14-12-28-61-45(68)41(63-48(70)53(57,58)59)17-10-11-27-62-47(69)52(54,55)56/h7-9,15-16,18-25,30,33-34,41-43,46H,10-11,13,17,27-29,31-32H2,1-6H3,(H,61,68)(H,62,69)(H,63,70)(H,64,67,71)/t41?,42?,43-,46-,50?,78?/m1/s1. The zero-order valence-electron chi connectivity index (χ0n) is 43.5. The molecule has 4 N–H and O–H groups in total. The van der Waals surface area contributed by atoms with Crippen LogP contribution in [0.3, 0.4) is 0 Å². The number of halogens is 6. The number of H-pyrrole nitrogens is 1. The van der Waals surface area contributed by atoms with E-state index in [9.17, 15) is 55.6 Å². The Labute approximate surface area is 447 Å². The van der Waals surface area contributed by atoms with Gasteiger partial charge in [-0.3, -0.25) is 28.7 Å². The fourth-order valence-corrected chi connectivity index (χ4v) is 11.3. The number of hydrogen-bond acceptors (Lipinski definition) is 13. The normalized spacial score (nSPS) is 18.9. The lowest BCUT2D eigenvalue weighted by atomic mass is 9.63. The Balaban J connectivity index is 1.39. The van der Waals surface area contributed by atoms with E-state index in [1.54, 1.807) is 24.9 Å². The number of carbonyl (C=O) groups is 3. The SMILES string of the molecule is COc1ccc(C(CC23COC([C@H](n4cc(C#CCNC(=O)C(CCCCNC(=O)C(F)(F)F)NC(=O)C(F)(F)F)c(=O)[nH]c4=O)O2)[C@H]3OP(OCCC#N)N(C(C)C)C(C)C)(c2ccccc2)c2ccc(OC)cc2)cc1. The number of hydrogen-bond donors (Lipinski definition) is 4. The average molecular weight is 1120 g/mol. The molecule has 6 rings (SSSR count). The van der Waals surface area contributed by atoms with Gasteiger partial charge in [0.25, 0.3) is 14.1 Å². The Kier molecular flexibility index (Phi) is 20.3. The molecule has 2 fully saturated rings. The lowest BCUT2D eigenvalue weighted by molar-refractivity contribution is -0.180. The lowest BCUT2D eigenvalue weighted by Crippen LogP contribution is -2.50. The number of nitrogens with zero attached hydrogens (tertiary/aromatic N) is 3. The first-order valence-corrected chi connectivity index (χ1v) is 25.9. The summed E-state index contributed by atoms with van der Waals surface area (Å²) in [5, 5.41) is 15.0. The predicted octanol–water partition coefficient (Wildman–Crippen LogP) is 6.67. The topological polar surface area (TPSA) is 225 Å². The third kappa shape index (κ3) is 14.3. The van der Waals surface area contributed by atoms with E-state index >= 15 is 0 Å². The Hall–Kier alpha value is -6.79. The molecule has 2 aliphatic heterocycles. The van der Waals surface area contributed by atoms with Crippen LogP contribution in [0.15, 0.2) is 94.6 Å². The molecule has 6 atom stereocenters. The molecular weight excluding hydrogens is 1060 g/mol. The maximum absolute atomic E-state index is 14.0. The second-order valence-corrected chi connectivity index (χ2v) is 20.2. The Morgan fingerprint density at radius 3 is 2.00 bits per heavy atom. The molecule has 2 aliphatic rings. The number of carbonyl (C=O) groups excluding carboxylic acids is 3. The third-order valence-corrected chi connectivity index (χ3v) is 15.1. The number of fused-ring (bicyclic) bond motifs is 2. The highest BCUT2D eigenvalue weighted by molar-refractivity contribution is 7.44. The highest BCUT2D eigenvalue weighted by Crippen LogP contribution is 2.59. The first-order valence-electron chi connectivity index (χ1n) is 24.7. The molecular formula is C53H60F6N7O11P. The van der Waals surface area contributed by atoms with Crippen LogP contribution in [0, 0.1) is 23.2 Å². The van der Waals surface area contributed by atoms with E-state index in [0.717, 1.165) is 27.5 Å². The van der Waals surface area contributed by atoms with Gasteiger partial charge in [-0.1, -0.05) is 66.4 Å². The zero-order valence-corrected chi connectivity index (χ0v) is 44.4. The summed E-state index contributed by atoms with van der Waals surface area (Å²) in [5.41, 5.74) is -2.22. The number of aromatic amines is 1. The summed E-state index contributed by atoms with van der Waals surface area (Å²) in [6.45, 7) is 6.76. The van der Waals surface area contributed by atoms with Crippen molar-refractivity contribution in [3.63, 3.8) is 0 Å². The molecule has 78 heavy (non-hydrogen) atoms. The minimum absolute atomic E-state index is 0.0271. The van der Waals surface area contributed by atoms with E-state index in [1.807, 2.05) is 111 Å². The highest BCUT2D eigenvalue weighted by atomic mass is 31.2. The van der Waals surface area contributed by atoms with Crippen molar-refractivity contribution in [3.05, 3.63) is 128 Å². The van der Waals surface area contributed by atoms with E-state index in [2.05, 4.69) is 28.2 Å². The summed E-state index contributed by atoms with van der Waals surface area (Å²) >= 11 is 0. The van der Waals surface area contributed by atoms with Gasteiger partial charge in [-0.05, 0) is 94.3 Å². The molecule has 0 radical (unpaired) electrons. The van der Waals surface area contributed by atoms with Crippen LogP contribution in [-0.2, 0) is 38.3 Å². The number of benzene rings is 3. The summed E-state index contributed by atoms with van der Waals surface area (Å²) < 4.78 is 119. The van der Waals surface area contributed by atoms with Crippen molar-refractivity contribution in [1.29, 1.82) is 5.26 Å². The molecule has 25 heteroatoms. The van der Waals surface area contributed by atoms with Crippen LogP contribution in [0.1, 0.15) is 88.3 Å². The smallest absolute Gasteiger partial charge is 0.471 e. The van der Waals surface area contributed by atoms with Gasteiger partial charge in [-0.2, -0.15) is 31.6 Å². The Morgan fingerprint density at radius 2 is 1.45 bits per heavy atom. The quantitative estimate of drug-likeness (QED) is 0.0189. The minimum atomic E-state index is -5.39. The molecule has 1 aromatic heterocycles. The Bertz CT molecular complexity index is 2870. The molecule has 18 nitrogen and oxygen atoms in total. The van der Waals surface area contributed by atoms with Crippen LogP contribution >= 0.6 is 8.53 Å². The molecule has 0 spiro atoms. The molecule has 3 aromatic carbocycles. The van der Waals surface area contributed by atoms with E-state index < -0.39 is 105 Å². The van der Waals surface area contributed by atoms with Gasteiger partial charge in [0.2, 0.25) is 5.91 Å². The van der Waals surface area contributed by atoms with E-state index in [1.165, 1.54) is 0 Å². The number of alkyl halides is 6. The van der Waals surface area contributed by atoms with E-state index in [-0.39, 0.29) is 56.5 Å². The molecule has 3 heterocycles.